The molecule has 0 saturated carbocycles. The number of amides is 2. The molecule has 1 saturated heterocycles. The molecule has 0 aliphatic carbocycles. The lowest BCUT2D eigenvalue weighted by atomic mass is 9.93. The van der Waals surface area contributed by atoms with Crippen LogP contribution in [0.15, 0.2) is 18.2 Å². The molecule has 4 rings (SSSR count). The molecule has 8 heteroatoms. The van der Waals surface area contributed by atoms with E-state index in [2.05, 4.69) is 4.98 Å². The van der Waals surface area contributed by atoms with Crippen LogP contribution in [-0.4, -0.2) is 46.2 Å². The molecule has 0 radical (unpaired) electrons. The van der Waals surface area contributed by atoms with Crippen LogP contribution >= 0.6 is 23.2 Å². The van der Waals surface area contributed by atoms with Crippen LogP contribution in [0.3, 0.4) is 0 Å². The van der Waals surface area contributed by atoms with E-state index in [0.717, 1.165) is 43.6 Å². The SMILES string of the molecule is Cc1nc2c(c(-c3ccc(Cl)cc3Cl)c1CN)C(=O)N(CC(=O)N1CCCCC1)C2. The summed E-state index contributed by atoms with van der Waals surface area (Å²) in [6.07, 6.45) is 3.17. The maximum absolute atomic E-state index is 13.4. The number of piperidine rings is 1. The van der Waals surface area contributed by atoms with Gasteiger partial charge in [0, 0.05) is 46.5 Å². The lowest BCUT2D eigenvalue weighted by Crippen LogP contribution is -2.42. The van der Waals surface area contributed by atoms with E-state index in [9.17, 15) is 9.59 Å². The zero-order valence-electron chi connectivity index (χ0n) is 16.9. The van der Waals surface area contributed by atoms with Crippen molar-refractivity contribution in [2.24, 2.45) is 5.73 Å². The summed E-state index contributed by atoms with van der Waals surface area (Å²) >= 11 is 12.6. The highest BCUT2D eigenvalue weighted by Gasteiger charge is 2.36. The molecule has 0 unspecified atom stereocenters. The fourth-order valence-electron chi connectivity index (χ4n) is 4.33. The van der Waals surface area contributed by atoms with Gasteiger partial charge in [0.15, 0.2) is 0 Å². The van der Waals surface area contributed by atoms with Gasteiger partial charge in [0.1, 0.15) is 6.54 Å². The molecule has 2 aromatic rings. The molecule has 1 aromatic carbocycles. The first-order chi connectivity index (χ1) is 14.4. The molecule has 3 heterocycles. The normalized spacial score (nSPS) is 16.2. The molecule has 2 amide bonds. The summed E-state index contributed by atoms with van der Waals surface area (Å²) < 4.78 is 0. The van der Waals surface area contributed by atoms with E-state index in [1.165, 1.54) is 0 Å². The quantitative estimate of drug-likeness (QED) is 0.774. The number of nitrogens with two attached hydrogens (primary N) is 1. The van der Waals surface area contributed by atoms with E-state index in [1.807, 2.05) is 11.8 Å². The number of aromatic nitrogens is 1. The summed E-state index contributed by atoms with van der Waals surface area (Å²) in [5.74, 6) is -0.226. The predicted octanol–water partition coefficient (Wildman–Crippen LogP) is 3.79. The Morgan fingerprint density at radius 3 is 2.57 bits per heavy atom. The largest absolute Gasteiger partial charge is 0.341 e. The van der Waals surface area contributed by atoms with Crippen molar-refractivity contribution in [3.63, 3.8) is 0 Å². The average molecular weight is 447 g/mol. The van der Waals surface area contributed by atoms with Gasteiger partial charge in [0.05, 0.1) is 17.8 Å². The minimum Gasteiger partial charge on any atom is -0.341 e. The summed E-state index contributed by atoms with van der Waals surface area (Å²) in [5.41, 5.74) is 10.1. The second-order valence-electron chi connectivity index (χ2n) is 7.80. The van der Waals surface area contributed by atoms with Crippen LogP contribution in [0.4, 0.5) is 0 Å². The van der Waals surface area contributed by atoms with Gasteiger partial charge in [-0.15, -0.1) is 0 Å². The monoisotopic (exact) mass is 446 g/mol. The maximum atomic E-state index is 13.4. The van der Waals surface area contributed by atoms with E-state index in [1.54, 1.807) is 23.1 Å². The Morgan fingerprint density at radius 2 is 1.90 bits per heavy atom. The highest BCUT2D eigenvalue weighted by molar-refractivity contribution is 6.36. The van der Waals surface area contributed by atoms with E-state index in [-0.39, 0.29) is 24.9 Å². The highest BCUT2D eigenvalue weighted by Crippen LogP contribution is 2.39. The van der Waals surface area contributed by atoms with Gasteiger partial charge in [-0.3, -0.25) is 14.6 Å². The van der Waals surface area contributed by atoms with Gasteiger partial charge in [-0.25, -0.2) is 0 Å². The van der Waals surface area contributed by atoms with Gasteiger partial charge in [0.25, 0.3) is 5.91 Å². The summed E-state index contributed by atoms with van der Waals surface area (Å²) in [6, 6.07) is 5.19. The topological polar surface area (TPSA) is 79.5 Å². The molecule has 0 spiro atoms. The molecule has 0 atom stereocenters. The minimum absolute atomic E-state index is 0.0160. The first-order valence-electron chi connectivity index (χ1n) is 10.2. The molecule has 2 N–H and O–H groups in total. The van der Waals surface area contributed by atoms with Gasteiger partial charge in [-0.1, -0.05) is 29.3 Å². The van der Waals surface area contributed by atoms with Crippen LogP contribution in [-0.2, 0) is 17.9 Å². The fourth-order valence-corrected chi connectivity index (χ4v) is 4.83. The number of hydrogen-bond acceptors (Lipinski definition) is 4. The Morgan fingerprint density at radius 1 is 1.17 bits per heavy atom. The number of carbonyl (C=O) groups is 2. The Hall–Kier alpha value is -2.15. The zero-order valence-corrected chi connectivity index (χ0v) is 18.4. The van der Waals surface area contributed by atoms with E-state index in [4.69, 9.17) is 28.9 Å². The number of nitrogens with zero attached hydrogens (tertiary/aromatic N) is 3. The molecule has 30 heavy (non-hydrogen) atoms. The Bertz CT molecular complexity index is 1020. The number of likely N-dealkylation sites (tertiary alicyclic amines) is 1. The third-order valence-corrected chi connectivity index (χ3v) is 6.41. The van der Waals surface area contributed by atoms with Crippen molar-refractivity contribution in [2.75, 3.05) is 19.6 Å². The van der Waals surface area contributed by atoms with Gasteiger partial charge >= 0.3 is 0 Å². The van der Waals surface area contributed by atoms with Crippen molar-refractivity contribution < 1.29 is 9.59 Å². The summed E-state index contributed by atoms with van der Waals surface area (Å²) in [5, 5.41) is 0.959. The van der Waals surface area contributed by atoms with Crippen molar-refractivity contribution in [2.45, 2.75) is 39.3 Å². The molecule has 158 valence electrons. The third kappa shape index (κ3) is 3.80. The molecule has 0 bridgehead atoms. The average Bonchev–Trinajstić information content (AvgIpc) is 3.02. The predicted molar refractivity (Wildman–Crippen MR) is 117 cm³/mol. The van der Waals surface area contributed by atoms with Crippen LogP contribution in [0.2, 0.25) is 10.0 Å². The van der Waals surface area contributed by atoms with Crippen molar-refractivity contribution in [1.29, 1.82) is 0 Å². The summed E-state index contributed by atoms with van der Waals surface area (Å²) in [6.45, 7) is 3.97. The second kappa shape index (κ2) is 8.53. The van der Waals surface area contributed by atoms with Crippen LogP contribution in [0, 0.1) is 6.92 Å². The van der Waals surface area contributed by atoms with Crippen molar-refractivity contribution >= 4 is 35.0 Å². The number of halogens is 2. The first-order valence-corrected chi connectivity index (χ1v) is 10.9. The third-order valence-electron chi connectivity index (χ3n) is 5.86. The Labute approximate surface area is 185 Å². The number of hydrogen-bond donors (Lipinski definition) is 1. The van der Waals surface area contributed by atoms with Crippen LogP contribution in [0.5, 0.6) is 0 Å². The second-order valence-corrected chi connectivity index (χ2v) is 8.65. The standard InChI is InChI=1S/C22H24Cl2N4O2/c1-13-16(10-25)20(15-6-5-14(23)9-17(15)24)21-18(26-13)11-28(22(21)30)12-19(29)27-7-3-2-4-8-27/h5-6,9H,2-4,7-8,10-12,25H2,1H3. The molecular weight excluding hydrogens is 423 g/mol. The number of pyridine rings is 1. The molecule has 2 aliphatic heterocycles. The van der Waals surface area contributed by atoms with E-state index in [0.29, 0.717) is 39.0 Å². The number of benzene rings is 1. The number of aryl methyl sites for hydroxylation is 1. The maximum Gasteiger partial charge on any atom is 0.257 e. The molecular formula is C22H24Cl2N4O2. The van der Waals surface area contributed by atoms with Gasteiger partial charge < -0.3 is 15.5 Å². The number of carbonyl (C=O) groups excluding carboxylic acids is 2. The molecule has 1 fully saturated rings. The van der Waals surface area contributed by atoms with E-state index >= 15 is 0 Å². The van der Waals surface area contributed by atoms with E-state index < -0.39 is 0 Å². The fraction of sp³-hybridized carbons (Fsp3) is 0.409. The lowest BCUT2D eigenvalue weighted by molar-refractivity contribution is -0.132. The lowest BCUT2D eigenvalue weighted by Gasteiger charge is -2.28. The first kappa shape index (κ1) is 21.1. The van der Waals surface area contributed by atoms with Crippen molar-refractivity contribution in [1.82, 2.24) is 14.8 Å². The van der Waals surface area contributed by atoms with Gasteiger partial charge in [0.2, 0.25) is 5.91 Å². The van der Waals surface area contributed by atoms with Crippen LogP contribution in [0.25, 0.3) is 11.1 Å². The van der Waals surface area contributed by atoms with Gasteiger partial charge in [-0.2, -0.15) is 0 Å². The summed E-state index contributed by atoms with van der Waals surface area (Å²) in [4.78, 5) is 34.2. The number of rotatable bonds is 4. The van der Waals surface area contributed by atoms with Gasteiger partial charge in [-0.05, 0) is 43.9 Å². The van der Waals surface area contributed by atoms with Crippen LogP contribution in [0.1, 0.15) is 46.6 Å². The number of fused-ring (bicyclic) bond motifs is 1. The molecule has 1 aromatic heterocycles. The Kier molecular flexibility index (Phi) is 6.00. The van der Waals surface area contributed by atoms with Crippen LogP contribution < -0.4 is 5.73 Å². The minimum atomic E-state index is -0.210. The summed E-state index contributed by atoms with van der Waals surface area (Å²) in [7, 11) is 0. The Balaban J connectivity index is 1.72. The zero-order chi connectivity index (χ0) is 21.4. The van der Waals surface area contributed by atoms with Crippen molar-refractivity contribution in [3.8, 4) is 11.1 Å². The molecule has 2 aliphatic rings. The van der Waals surface area contributed by atoms with Crippen molar-refractivity contribution in [3.05, 3.63) is 50.8 Å². The smallest absolute Gasteiger partial charge is 0.257 e. The highest BCUT2D eigenvalue weighted by atomic mass is 35.5. The molecule has 6 nitrogen and oxygen atoms in total.